The molecule has 3 aromatic rings. The van der Waals surface area contributed by atoms with Crippen molar-refractivity contribution in [2.45, 2.75) is 0 Å². The Morgan fingerprint density at radius 3 is 2.76 bits per heavy atom. The largest absolute Gasteiger partial charge is 0.296 e. The lowest BCUT2D eigenvalue weighted by Crippen LogP contribution is -1.89. The Morgan fingerprint density at radius 2 is 2.06 bits per heavy atom. The van der Waals surface area contributed by atoms with Crippen molar-refractivity contribution in [3.63, 3.8) is 0 Å². The maximum atomic E-state index is 12.8. The Labute approximate surface area is 100 Å². The summed E-state index contributed by atoms with van der Waals surface area (Å²) in [6, 6.07) is 6.11. The van der Waals surface area contributed by atoms with Gasteiger partial charge in [0.2, 0.25) is 0 Å². The number of rotatable bonds is 2. The summed E-state index contributed by atoms with van der Waals surface area (Å²) >= 11 is 1.46. The van der Waals surface area contributed by atoms with Gasteiger partial charge in [-0.05, 0) is 17.7 Å². The van der Waals surface area contributed by atoms with E-state index < -0.39 is 0 Å². The van der Waals surface area contributed by atoms with E-state index in [9.17, 15) is 9.18 Å². The molecule has 2 heterocycles. The van der Waals surface area contributed by atoms with Gasteiger partial charge in [0.25, 0.3) is 0 Å². The van der Waals surface area contributed by atoms with Crippen molar-refractivity contribution in [3.05, 3.63) is 48.3 Å². The molecule has 0 aliphatic heterocycles. The van der Waals surface area contributed by atoms with Crippen molar-refractivity contribution in [1.29, 1.82) is 0 Å². The molecule has 0 unspecified atom stereocenters. The summed E-state index contributed by atoms with van der Waals surface area (Å²) in [6.45, 7) is 0. The number of hydrogen-bond acceptors (Lipinski definition) is 3. The molecule has 1 aromatic carbocycles. The van der Waals surface area contributed by atoms with Gasteiger partial charge in [0, 0.05) is 0 Å². The smallest absolute Gasteiger partial charge is 0.168 e. The van der Waals surface area contributed by atoms with Crippen LogP contribution >= 0.6 is 11.3 Å². The van der Waals surface area contributed by atoms with Crippen LogP contribution in [0.1, 0.15) is 10.5 Å². The lowest BCUT2D eigenvalue weighted by Gasteiger charge is -1.98. The summed E-state index contributed by atoms with van der Waals surface area (Å²) in [6.07, 6.45) is 4.09. The first kappa shape index (κ1) is 10.2. The van der Waals surface area contributed by atoms with Crippen LogP contribution < -0.4 is 0 Å². The Balaban J connectivity index is 2.25. The molecule has 0 N–H and O–H groups in total. The van der Waals surface area contributed by atoms with Crippen molar-refractivity contribution in [1.82, 2.24) is 9.38 Å². The summed E-state index contributed by atoms with van der Waals surface area (Å²) in [4.78, 5) is 16.8. The molecule has 0 bridgehead atoms. The lowest BCUT2D eigenvalue weighted by molar-refractivity contribution is 0.111. The highest BCUT2D eigenvalue weighted by atomic mass is 32.1. The van der Waals surface area contributed by atoms with E-state index in [1.807, 2.05) is 0 Å². The zero-order valence-corrected chi connectivity index (χ0v) is 9.45. The standard InChI is InChI=1S/C12H7FN2OS/c13-9-3-1-8(2-4-9)12-10(6-16)15-7-14-5-11(15)17-12/h1-7H. The molecule has 0 fully saturated rings. The topological polar surface area (TPSA) is 34.4 Å². The van der Waals surface area contributed by atoms with Crippen LogP contribution in [0.5, 0.6) is 0 Å². The van der Waals surface area contributed by atoms with Crippen molar-refractivity contribution < 1.29 is 9.18 Å². The number of aldehydes is 1. The van der Waals surface area contributed by atoms with Crippen LogP contribution in [0.15, 0.2) is 36.8 Å². The van der Waals surface area contributed by atoms with Crippen molar-refractivity contribution in [2.24, 2.45) is 0 Å². The maximum Gasteiger partial charge on any atom is 0.168 e. The molecule has 5 heteroatoms. The normalized spacial score (nSPS) is 10.9. The summed E-state index contributed by atoms with van der Waals surface area (Å²) in [7, 11) is 0. The monoisotopic (exact) mass is 246 g/mol. The predicted molar refractivity (Wildman–Crippen MR) is 63.9 cm³/mol. The summed E-state index contributed by atoms with van der Waals surface area (Å²) in [5.74, 6) is -0.286. The summed E-state index contributed by atoms with van der Waals surface area (Å²) < 4.78 is 14.6. The van der Waals surface area contributed by atoms with E-state index in [-0.39, 0.29) is 5.82 Å². The van der Waals surface area contributed by atoms with Gasteiger partial charge < -0.3 is 0 Å². The molecule has 0 radical (unpaired) electrons. The molecule has 3 rings (SSSR count). The minimum Gasteiger partial charge on any atom is -0.296 e. The number of carbonyl (C=O) groups is 1. The van der Waals surface area contributed by atoms with Gasteiger partial charge in [0.1, 0.15) is 22.7 Å². The minimum atomic E-state index is -0.286. The summed E-state index contributed by atoms with van der Waals surface area (Å²) in [5, 5.41) is 0. The minimum absolute atomic E-state index is 0.286. The van der Waals surface area contributed by atoms with Crippen LogP contribution in [-0.2, 0) is 0 Å². The third kappa shape index (κ3) is 1.55. The van der Waals surface area contributed by atoms with Crippen LogP contribution in [0, 0.1) is 5.82 Å². The second-order valence-electron chi connectivity index (χ2n) is 3.54. The van der Waals surface area contributed by atoms with Gasteiger partial charge in [-0.3, -0.25) is 9.20 Å². The molecule has 0 aliphatic carbocycles. The Bertz CT molecular complexity index is 684. The Hall–Kier alpha value is -2.01. The Kier molecular flexibility index (Phi) is 2.26. The zero-order chi connectivity index (χ0) is 11.8. The first-order chi connectivity index (χ1) is 8.29. The average Bonchev–Trinajstić information content (AvgIpc) is 2.89. The Morgan fingerprint density at radius 1 is 1.29 bits per heavy atom. The number of benzene rings is 1. The third-order valence-corrected chi connectivity index (χ3v) is 3.68. The number of nitrogens with zero attached hydrogens (tertiary/aromatic N) is 2. The zero-order valence-electron chi connectivity index (χ0n) is 8.63. The quantitative estimate of drug-likeness (QED) is 0.651. The highest BCUT2D eigenvalue weighted by molar-refractivity contribution is 7.21. The van der Waals surface area contributed by atoms with Gasteiger partial charge >= 0.3 is 0 Å². The number of halogens is 1. The van der Waals surface area contributed by atoms with Gasteiger partial charge in [0.15, 0.2) is 6.29 Å². The number of hydrogen-bond donors (Lipinski definition) is 0. The van der Waals surface area contributed by atoms with Crippen LogP contribution in [-0.4, -0.2) is 15.7 Å². The molecule has 0 spiro atoms. The molecule has 0 amide bonds. The van der Waals surface area contributed by atoms with Crippen molar-refractivity contribution >= 4 is 22.5 Å². The fraction of sp³-hybridized carbons (Fsp3) is 0. The lowest BCUT2D eigenvalue weighted by atomic mass is 10.1. The molecular formula is C12H7FN2OS. The molecule has 3 nitrogen and oxygen atoms in total. The third-order valence-electron chi connectivity index (χ3n) is 2.52. The molecule has 0 aliphatic rings. The number of thiazole rings is 1. The number of imidazole rings is 1. The molecule has 0 atom stereocenters. The molecule has 2 aromatic heterocycles. The number of carbonyl (C=O) groups excluding carboxylic acids is 1. The van der Waals surface area contributed by atoms with E-state index in [2.05, 4.69) is 4.98 Å². The van der Waals surface area contributed by atoms with Gasteiger partial charge in [-0.2, -0.15) is 0 Å². The number of fused-ring (bicyclic) bond motifs is 1. The second-order valence-corrected chi connectivity index (χ2v) is 4.57. The van der Waals surface area contributed by atoms with E-state index in [1.54, 1.807) is 29.1 Å². The van der Waals surface area contributed by atoms with Crippen LogP contribution in [0.4, 0.5) is 4.39 Å². The highest BCUT2D eigenvalue weighted by Gasteiger charge is 2.13. The van der Waals surface area contributed by atoms with E-state index in [0.717, 1.165) is 21.6 Å². The van der Waals surface area contributed by atoms with Gasteiger partial charge in [-0.1, -0.05) is 12.1 Å². The molecular weight excluding hydrogens is 239 g/mol. The van der Waals surface area contributed by atoms with Gasteiger partial charge in [0.05, 0.1) is 11.1 Å². The average molecular weight is 246 g/mol. The maximum absolute atomic E-state index is 12.8. The van der Waals surface area contributed by atoms with Crippen LogP contribution in [0.3, 0.4) is 0 Å². The second kappa shape index (κ2) is 3.78. The fourth-order valence-corrected chi connectivity index (χ4v) is 2.80. The molecule has 84 valence electrons. The predicted octanol–water partition coefficient (Wildman–Crippen LogP) is 3.01. The first-order valence-electron chi connectivity index (χ1n) is 4.95. The molecule has 0 saturated carbocycles. The summed E-state index contributed by atoms with van der Waals surface area (Å²) in [5.41, 5.74) is 1.39. The van der Waals surface area contributed by atoms with Gasteiger partial charge in [-0.15, -0.1) is 11.3 Å². The fourth-order valence-electron chi connectivity index (χ4n) is 1.72. The van der Waals surface area contributed by atoms with Crippen molar-refractivity contribution in [3.8, 4) is 10.4 Å². The van der Waals surface area contributed by atoms with E-state index in [1.165, 1.54) is 23.5 Å². The van der Waals surface area contributed by atoms with Gasteiger partial charge in [-0.25, -0.2) is 9.37 Å². The van der Waals surface area contributed by atoms with Crippen molar-refractivity contribution in [2.75, 3.05) is 0 Å². The highest BCUT2D eigenvalue weighted by Crippen LogP contribution is 2.32. The van der Waals surface area contributed by atoms with E-state index in [4.69, 9.17) is 0 Å². The molecule has 17 heavy (non-hydrogen) atoms. The van der Waals surface area contributed by atoms with E-state index >= 15 is 0 Å². The number of aromatic nitrogens is 2. The van der Waals surface area contributed by atoms with Crippen LogP contribution in [0.25, 0.3) is 15.3 Å². The first-order valence-corrected chi connectivity index (χ1v) is 5.77. The van der Waals surface area contributed by atoms with Crippen LogP contribution in [0.2, 0.25) is 0 Å². The SMILES string of the molecule is O=Cc1c(-c2ccc(F)cc2)sc2cncn12. The molecule has 0 saturated heterocycles. The van der Waals surface area contributed by atoms with E-state index in [0.29, 0.717) is 5.69 Å².